The lowest BCUT2D eigenvalue weighted by atomic mass is 10.2. The van der Waals surface area contributed by atoms with Crippen LogP contribution in [0.5, 0.6) is 5.75 Å². The number of benzene rings is 1. The second-order valence-corrected chi connectivity index (χ2v) is 3.22. The zero-order valence-corrected chi connectivity index (χ0v) is 8.80. The van der Waals surface area contributed by atoms with E-state index < -0.39 is 12.1 Å². The summed E-state index contributed by atoms with van der Waals surface area (Å²) in [6.45, 7) is 1.71. The second-order valence-electron chi connectivity index (χ2n) is 3.22. The van der Waals surface area contributed by atoms with E-state index in [1.807, 2.05) is 6.07 Å². The first kappa shape index (κ1) is 11.9. The third-order valence-corrected chi connectivity index (χ3v) is 2.05. The van der Waals surface area contributed by atoms with Gasteiger partial charge >= 0.3 is 5.97 Å². The summed E-state index contributed by atoms with van der Waals surface area (Å²) in [5.41, 5.74) is 6.30. The zero-order valence-electron chi connectivity index (χ0n) is 8.80. The van der Waals surface area contributed by atoms with Gasteiger partial charge in [0.05, 0.1) is 17.3 Å². The molecule has 0 amide bonds. The molecule has 0 aromatic heterocycles. The first-order valence-electron chi connectivity index (χ1n) is 4.77. The fraction of sp³-hybridized carbons (Fsp3) is 0.273. The number of hydrogen-bond acceptors (Lipinski definition) is 4. The number of rotatable bonds is 4. The molecule has 0 saturated heterocycles. The lowest BCUT2D eigenvalue weighted by molar-refractivity contribution is -0.145. The van der Waals surface area contributed by atoms with Crippen molar-refractivity contribution < 1.29 is 14.6 Å². The number of aliphatic carboxylic acids is 1. The molecule has 5 nitrogen and oxygen atoms in total. The highest BCUT2D eigenvalue weighted by Crippen LogP contribution is 2.23. The Hall–Kier alpha value is -2.22. The highest BCUT2D eigenvalue weighted by molar-refractivity contribution is 5.73. The monoisotopic (exact) mass is 220 g/mol. The van der Waals surface area contributed by atoms with Crippen LogP contribution in [0.4, 0.5) is 5.69 Å². The molecule has 0 aliphatic carbocycles. The van der Waals surface area contributed by atoms with Crippen LogP contribution in [-0.4, -0.2) is 17.2 Å². The summed E-state index contributed by atoms with van der Waals surface area (Å²) in [5, 5.41) is 17.4. The normalized spacial score (nSPS) is 11.5. The molecule has 0 bridgehead atoms. The van der Waals surface area contributed by atoms with E-state index >= 15 is 0 Å². The maximum absolute atomic E-state index is 10.8. The van der Waals surface area contributed by atoms with E-state index in [9.17, 15) is 4.79 Å². The van der Waals surface area contributed by atoms with E-state index in [1.165, 1.54) is 18.2 Å². The maximum Gasteiger partial charge on any atom is 0.344 e. The van der Waals surface area contributed by atoms with Gasteiger partial charge in [0.25, 0.3) is 0 Å². The molecule has 0 radical (unpaired) electrons. The summed E-state index contributed by atoms with van der Waals surface area (Å²) < 4.78 is 5.22. The van der Waals surface area contributed by atoms with E-state index in [1.54, 1.807) is 6.92 Å². The summed E-state index contributed by atoms with van der Waals surface area (Å²) in [7, 11) is 0. The molecule has 16 heavy (non-hydrogen) atoms. The number of anilines is 1. The van der Waals surface area contributed by atoms with Gasteiger partial charge in [-0.15, -0.1) is 0 Å². The Morgan fingerprint density at radius 3 is 2.81 bits per heavy atom. The molecule has 1 aromatic rings. The molecular weight excluding hydrogens is 208 g/mol. The standard InChI is InChI=1S/C11H12N2O3/c1-2-9(11(14)15)16-10-4-3-7(6-12)5-8(10)13/h3-5,9H,2,13H2,1H3,(H,14,15). The Balaban J connectivity index is 2.90. The highest BCUT2D eigenvalue weighted by Gasteiger charge is 2.17. The van der Waals surface area contributed by atoms with Crippen LogP contribution in [-0.2, 0) is 4.79 Å². The van der Waals surface area contributed by atoms with Gasteiger partial charge in [0.1, 0.15) is 5.75 Å². The smallest absolute Gasteiger partial charge is 0.344 e. The van der Waals surface area contributed by atoms with Crippen molar-refractivity contribution in [2.24, 2.45) is 0 Å². The van der Waals surface area contributed by atoms with Crippen LogP contribution >= 0.6 is 0 Å². The third kappa shape index (κ3) is 2.64. The average Bonchev–Trinajstić information content (AvgIpc) is 2.26. The van der Waals surface area contributed by atoms with Crippen molar-refractivity contribution in [1.29, 1.82) is 5.26 Å². The topological polar surface area (TPSA) is 96.3 Å². The fourth-order valence-corrected chi connectivity index (χ4v) is 1.19. The third-order valence-electron chi connectivity index (χ3n) is 2.05. The van der Waals surface area contributed by atoms with Gasteiger partial charge in [-0.2, -0.15) is 5.26 Å². The van der Waals surface area contributed by atoms with Crippen LogP contribution in [0.2, 0.25) is 0 Å². The molecule has 0 spiro atoms. The first-order valence-corrected chi connectivity index (χ1v) is 4.77. The molecule has 0 aliphatic heterocycles. The number of ether oxygens (including phenoxy) is 1. The van der Waals surface area contributed by atoms with Crippen molar-refractivity contribution in [2.75, 3.05) is 5.73 Å². The minimum absolute atomic E-state index is 0.263. The Labute approximate surface area is 93.1 Å². The Morgan fingerprint density at radius 2 is 2.38 bits per heavy atom. The van der Waals surface area contributed by atoms with Gasteiger partial charge in [-0.1, -0.05) is 6.92 Å². The second kappa shape index (κ2) is 5.03. The SMILES string of the molecule is CCC(Oc1ccc(C#N)cc1N)C(=O)O. The van der Waals surface area contributed by atoms with Crippen molar-refractivity contribution in [1.82, 2.24) is 0 Å². The zero-order chi connectivity index (χ0) is 12.1. The van der Waals surface area contributed by atoms with Crippen molar-refractivity contribution >= 4 is 11.7 Å². The van der Waals surface area contributed by atoms with E-state index in [-0.39, 0.29) is 11.4 Å². The Kier molecular flexibility index (Phi) is 3.72. The van der Waals surface area contributed by atoms with E-state index in [0.29, 0.717) is 12.0 Å². The van der Waals surface area contributed by atoms with Crippen LogP contribution in [0.25, 0.3) is 0 Å². The van der Waals surface area contributed by atoms with Gasteiger partial charge < -0.3 is 15.6 Å². The summed E-state index contributed by atoms with van der Waals surface area (Å²) in [6, 6.07) is 6.41. The summed E-state index contributed by atoms with van der Waals surface area (Å²) in [6.07, 6.45) is -0.579. The van der Waals surface area contributed by atoms with Crippen LogP contribution in [0, 0.1) is 11.3 Å². The molecule has 1 rings (SSSR count). The molecule has 1 aromatic carbocycles. The van der Waals surface area contributed by atoms with Gasteiger partial charge in [0.15, 0.2) is 6.10 Å². The van der Waals surface area contributed by atoms with Crippen LogP contribution in [0.3, 0.4) is 0 Å². The van der Waals surface area contributed by atoms with Gasteiger partial charge in [-0.25, -0.2) is 4.79 Å². The summed E-state index contributed by atoms with van der Waals surface area (Å²) in [5.74, 6) is -0.750. The fourth-order valence-electron chi connectivity index (χ4n) is 1.19. The number of nitrogen functional groups attached to an aromatic ring is 1. The molecule has 0 fully saturated rings. The minimum Gasteiger partial charge on any atom is -0.479 e. The van der Waals surface area contributed by atoms with Crippen LogP contribution in [0.15, 0.2) is 18.2 Å². The lowest BCUT2D eigenvalue weighted by Crippen LogP contribution is -2.26. The van der Waals surface area contributed by atoms with Crippen molar-refractivity contribution in [3.05, 3.63) is 23.8 Å². The molecule has 5 heteroatoms. The van der Waals surface area contributed by atoms with Gasteiger partial charge in [0.2, 0.25) is 0 Å². The molecular formula is C11H12N2O3. The lowest BCUT2D eigenvalue weighted by Gasteiger charge is -2.14. The molecule has 1 unspecified atom stereocenters. The molecule has 3 N–H and O–H groups in total. The molecule has 0 saturated carbocycles. The Morgan fingerprint density at radius 1 is 1.69 bits per heavy atom. The minimum atomic E-state index is -1.04. The predicted octanol–water partition coefficient (Wildman–Crippen LogP) is 1.38. The first-order chi connectivity index (χ1) is 7.58. The van der Waals surface area contributed by atoms with E-state index in [0.717, 1.165) is 0 Å². The highest BCUT2D eigenvalue weighted by atomic mass is 16.5. The number of nitriles is 1. The molecule has 1 atom stereocenters. The van der Waals surface area contributed by atoms with Gasteiger partial charge in [0, 0.05) is 0 Å². The number of carbonyl (C=O) groups is 1. The van der Waals surface area contributed by atoms with Crippen LogP contribution < -0.4 is 10.5 Å². The van der Waals surface area contributed by atoms with E-state index in [2.05, 4.69) is 0 Å². The molecule has 0 aliphatic rings. The van der Waals surface area contributed by atoms with Crippen molar-refractivity contribution in [3.63, 3.8) is 0 Å². The van der Waals surface area contributed by atoms with Crippen LogP contribution in [0.1, 0.15) is 18.9 Å². The van der Waals surface area contributed by atoms with E-state index in [4.69, 9.17) is 20.8 Å². The number of carboxylic acid groups (broad SMARTS) is 1. The Bertz CT molecular complexity index is 437. The van der Waals surface area contributed by atoms with Crippen molar-refractivity contribution in [2.45, 2.75) is 19.4 Å². The predicted molar refractivity (Wildman–Crippen MR) is 57.9 cm³/mol. The summed E-state index contributed by atoms with van der Waals surface area (Å²) >= 11 is 0. The average molecular weight is 220 g/mol. The molecule has 84 valence electrons. The number of nitrogens with zero attached hydrogens (tertiary/aromatic N) is 1. The maximum atomic E-state index is 10.8. The van der Waals surface area contributed by atoms with Gasteiger partial charge in [-0.3, -0.25) is 0 Å². The molecule has 0 heterocycles. The quantitative estimate of drug-likeness (QED) is 0.747. The number of hydrogen-bond donors (Lipinski definition) is 2. The van der Waals surface area contributed by atoms with Gasteiger partial charge in [-0.05, 0) is 24.6 Å². The number of carboxylic acids is 1. The number of nitrogens with two attached hydrogens (primary N) is 1. The van der Waals surface area contributed by atoms with Crippen molar-refractivity contribution in [3.8, 4) is 11.8 Å². The largest absolute Gasteiger partial charge is 0.479 e. The summed E-state index contributed by atoms with van der Waals surface area (Å²) in [4.78, 5) is 10.8.